The van der Waals surface area contributed by atoms with Crippen LogP contribution in [0.5, 0.6) is 0 Å². The van der Waals surface area contributed by atoms with Crippen LogP contribution in [-0.4, -0.2) is 19.1 Å². The van der Waals surface area contributed by atoms with E-state index in [1.807, 2.05) is 0 Å². The van der Waals surface area contributed by atoms with Crippen molar-refractivity contribution in [3.05, 3.63) is 34.9 Å². The Morgan fingerprint density at radius 3 is 2.47 bits per heavy atom. The van der Waals surface area contributed by atoms with E-state index in [1.165, 1.54) is 23.1 Å². The molecule has 0 aliphatic rings. The zero-order valence-electron chi connectivity index (χ0n) is 11.6. The van der Waals surface area contributed by atoms with E-state index in [-0.39, 0.29) is 0 Å². The third-order valence-corrected chi connectivity index (χ3v) is 2.98. The van der Waals surface area contributed by atoms with Gasteiger partial charge in [-0.15, -0.1) is 0 Å². The van der Waals surface area contributed by atoms with Gasteiger partial charge in [-0.3, -0.25) is 0 Å². The first kappa shape index (κ1) is 14.2. The smallest absolute Gasteiger partial charge is 0.0205 e. The highest BCUT2D eigenvalue weighted by atomic mass is 14.9. The molecule has 0 heterocycles. The first-order valence-corrected chi connectivity index (χ1v) is 6.60. The SMILES string of the molecule is Cc1ccc(CNCCCNC(C)C)cc1C. The van der Waals surface area contributed by atoms with Crippen molar-refractivity contribution in [2.45, 2.75) is 46.7 Å². The summed E-state index contributed by atoms with van der Waals surface area (Å²) in [6.45, 7) is 11.8. The van der Waals surface area contributed by atoms with Gasteiger partial charge in [0.1, 0.15) is 0 Å². The highest BCUT2D eigenvalue weighted by Gasteiger charge is 1.96. The molecule has 2 nitrogen and oxygen atoms in total. The standard InChI is InChI=1S/C15H26N2/c1-12(2)17-9-5-8-16-11-15-7-6-13(3)14(4)10-15/h6-7,10,12,16-17H,5,8-9,11H2,1-4H3. The van der Waals surface area contributed by atoms with Crippen molar-refractivity contribution in [3.63, 3.8) is 0 Å². The summed E-state index contributed by atoms with van der Waals surface area (Å²) in [5, 5.41) is 6.90. The summed E-state index contributed by atoms with van der Waals surface area (Å²) in [6.07, 6.45) is 1.18. The number of rotatable bonds is 7. The van der Waals surface area contributed by atoms with Crippen LogP contribution in [0.3, 0.4) is 0 Å². The van der Waals surface area contributed by atoms with E-state index < -0.39 is 0 Å². The van der Waals surface area contributed by atoms with Gasteiger partial charge in [0, 0.05) is 12.6 Å². The van der Waals surface area contributed by atoms with E-state index in [2.05, 4.69) is 56.5 Å². The molecular weight excluding hydrogens is 208 g/mol. The maximum absolute atomic E-state index is 3.48. The Balaban J connectivity index is 2.16. The fraction of sp³-hybridized carbons (Fsp3) is 0.600. The van der Waals surface area contributed by atoms with E-state index in [4.69, 9.17) is 0 Å². The molecule has 17 heavy (non-hydrogen) atoms. The van der Waals surface area contributed by atoms with Gasteiger partial charge in [0.25, 0.3) is 0 Å². The van der Waals surface area contributed by atoms with E-state index in [0.717, 1.165) is 19.6 Å². The Hall–Kier alpha value is -0.860. The van der Waals surface area contributed by atoms with Crippen molar-refractivity contribution in [1.29, 1.82) is 0 Å². The molecule has 0 aromatic heterocycles. The van der Waals surface area contributed by atoms with Crippen LogP contribution in [0.4, 0.5) is 0 Å². The third kappa shape index (κ3) is 5.85. The van der Waals surface area contributed by atoms with Crippen molar-refractivity contribution in [3.8, 4) is 0 Å². The lowest BCUT2D eigenvalue weighted by molar-refractivity contribution is 0.547. The zero-order chi connectivity index (χ0) is 12.7. The van der Waals surface area contributed by atoms with E-state index in [9.17, 15) is 0 Å². The number of hydrogen-bond acceptors (Lipinski definition) is 2. The fourth-order valence-corrected chi connectivity index (χ4v) is 1.75. The quantitative estimate of drug-likeness (QED) is 0.709. The second-order valence-corrected chi connectivity index (χ2v) is 5.06. The van der Waals surface area contributed by atoms with Gasteiger partial charge < -0.3 is 10.6 Å². The van der Waals surface area contributed by atoms with Gasteiger partial charge in [-0.2, -0.15) is 0 Å². The molecule has 1 rings (SSSR count). The van der Waals surface area contributed by atoms with Crippen molar-refractivity contribution >= 4 is 0 Å². The van der Waals surface area contributed by atoms with Crippen molar-refractivity contribution in [2.75, 3.05) is 13.1 Å². The lowest BCUT2D eigenvalue weighted by atomic mass is 10.1. The number of hydrogen-bond donors (Lipinski definition) is 2. The molecule has 0 aliphatic carbocycles. The Labute approximate surface area is 106 Å². The highest BCUT2D eigenvalue weighted by Crippen LogP contribution is 2.09. The van der Waals surface area contributed by atoms with E-state index >= 15 is 0 Å². The molecule has 2 N–H and O–H groups in total. The van der Waals surface area contributed by atoms with Crippen LogP contribution in [-0.2, 0) is 6.54 Å². The van der Waals surface area contributed by atoms with Crippen LogP contribution in [0, 0.1) is 13.8 Å². The Bertz CT molecular complexity index is 332. The summed E-state index contributed by atoms with van der Waals surface area (Å²) in [4.78, 5) is 0. The molecular formula is C15H26N2. The van der Waals surface area contributed by atoms with Gasteiger partial charge in [0.2, 0.25) is 0 Å². The molecule has 0 fully saturated rings. The summed E-state index contributed by atoms with van der Waals surface area (Å²) >= 11 is 0. The third-order valence-electron chi connectivity index (χ3n) is 2.98. The highest BCUT2D eigenvalue weighted by molar-refractivity contribution is 5.29. The van der Waals surface area contributed by atoms with Gasteiger partial charge >= 0.3 is 0 Å². The van der Waals surface area contributed by atoms with Gasteiger partial charge in [0.15, 0.2) is 0 Å². The molecule has 0 aliphatic heterocycles. The lowest BCUT2D eigenvalue weighted by Gasteiger charge is -2.09. The molecule has 0 spiro atoms. The minimum atomic E-state index is 0.592. The van der Waals surface area contributed by atoms with Crippen molar-refractivity contribution < 1.29 is 0 Å². The zero-order valence-corrected chi connectivity index (χ0v) is 11.6. The van der Waals surface area contributed by atoms with Crippen molar-refractivity contribution in [1.82, 2.24) is 10.6 Å². The Morgan fingerprint density at radius 1 is 1.06 bits per heavy atom. The van der Waals surface area contributed by atoms with Gasteiger partial charge in [-0.05, 0) is 50.0 Å². The molecule has 96 valence electrons. The van der Waals surface area contributed by atoms with E-state index in [1.54, 1.807) is 0 Å². The van der Waals surface area contributed by atoms with Crippen LogP contribution in [0.2, 0.25) is 0 Å². The molecule has 0 saturated heterocycles. The fourth-order valence-electron chi connectivity index (χ4n) is 1.75. The molecule has 0 unspecified atom stereocenters. The molecule has 1 aromatic rings. The summed E-state index contributed by atoms with van der Waals surface area (Å²) in [5.41, 5.74) is 4.13. The number of benzene rings is 1. The summed E-state index contributed by atoms with van der Waals surface area (Å²) in [7, 11) is 0. The Kier molecular flexibility index (Phi) is 6.23. The minimum absolute atomic E-state index is 0.592. The molecule has 0 atom stereocenters. The summed E-state index contributed by atoms with van der Waals surface area (Å²) in [6, 6.07) is 7.28. The molecule has 1 aromatic carbocycles. The second-order valence-electron chi connectivity index (χ2n) is 5.06. The summed E-state index contributed by atoms with van der Waals surface area (Å²) in [5.74, 6) is 0. The average molecular weight is 234 g/mol. The summed E-state index contributed by atoms with van der Waals surface area (Å²) < 4.78 is 0. The molecule has 2 heteroatoms. The first-order valence-electron chi connectivity index (χ1n) is 6.60. The van der Waals surface area contributed by atoms with E-state index in [0.29, 0.717) is 6.04 Å². The van der Waals surface area contributed by atoms with Crippen LogP contribution in [0.25, 0.3) is 0 Å². The lowest BCUT2D eigenvalue weighted by Crippen LogP contribution is -2.26. The molecule has 0 saturated carbocycles. The number of aryl methyl sites for hydroxylation is 2. The van der Waals surface area contributed by atoms with Gasteiger partial charge in [0.05, 0.1) is 0 Å². The number of nitrogens with one attached hydrogen (secondary N) is 2. The van der Waals surface area contributed by atoms with Crippen LogP contribution < -0.4 is 10.6 Å². The Morgan fingerprint density at radius 2 is 1.82 bits per heavy atom. The maximum atomic E-state index is 3.48. The topological polar surface area (TPSA) is 24.1 Å². The largest absolute Gasteiger partial charge is 0.314 e. The molecule has 0 bridgehead atoms. The van der Waals surface area contributed by atoms with Crippen molar-refractivity contribution in [2.24, 2.45) is 0 Å². The van der Waals surface area contributed by atoms with Crippen LogP contribution in [0.1, 0.15) is 37.0 Å². The first-order chi connectivity index (χ1) is 8.09. The predicted octanol–water partition coefficient (Wildman–Crippen LogP) is 2.78. The van der Waals surface area contributed by atoms with Gasteiger partial charge in [-0.1, -0.05) is 32.0 Å². The normalized spacial score (nSPS) is 11.1. The minimum Gasteiger partial charge on any atom is -0.314 e. The van der Waals surface area contributed by atoms with Crippen LogP contribution in [0.15, 0.2) is 18.2 Å². The monoisotopic (exact) mass is 234 g/mol. The van der Waals surface area contributed by atoms with Gasteiger partial charge in [-0.25, -0.2) is 0 Å². The average Bonchev–Trinajstić information content (AvgIpc) is 2.27. The molecule has 0 amide bonds. The second kappa shape index (κ2) is 7.46. The maximum Gasteiger partial charge on any atom is 0.0205 e. The van der Waals surface area contributed by atoms with Crippen LogP contribution >= 0.6 is 0 Å². The predicted molar refractivity (Wildman–Crippen MR) is 75.4 cm³/mol. The molecule has 0 radical (unpaired) electrons.